The van der Waals surface area contributed by atoms with Gasteiger partial charge >= 0.3 is 0 Å². The standard InChI is InChI=1S/C24H24N2O4S/c1-3-17-25-31(28,29)23-15-11-21(12-16-23)26-24(27)18(2)30-22-13-9-20(10-14-22)19-7-5-4-6-8-19/h3-16,18,25H,1,17H2,2H3,(H,26,27). The van der Waals surface area contributed by atoms with Crippen LogP contribution >= 0.6 is 0 Å². The Hall–Kier alpha value is -3.42. The van der Waals surface area contributed by atoms with E-state index in [1.165, 1.54) is 30.3 Å². The number of carbonyl (C=O) groups is 1. The fourth-order valence-electron chi connectivity index (χ4n) is 2.83. The Morgan fingerprint density at radius 2 is 1.58 bits per heavy atom. The predicted octanol–water partition coefficient (Wildman–Crippen LogP) is 4.22. The van der Waals surface area contributed by atoms with Crippen molar-refractivity contribution in [1.82, 2.24) is 4.72 Å². The lowest BCUT2D eigenvalue weighted by atomic mass is 10.1. The van der Waals surface area contributed by atoms with Crippen molar-refractivity contribution in [3.05, 3.63) is 91.5 Å². The minimum Gasteiger partial charge on any atom is -0.481 e. The van der Waals surface area contributed by atoms with Crippen LogP contribution in [0, 0.1) is 0 Å². The Morgan fingerprint density at radius 3 is 2.19 bits per heavy atom. The number of ether oxygens (including phenoxy) is 1. The van der Waals surface area contributed by atoms with Crippen LogP contribution in [-0.2, 0) is 14.8 Å². The Morgan fingerprint density at radius 1 is 0.968 bits per heavy atom. The molecular weight excluding hydrogens is 412 g/mol. The predicted molar refractivity (Wildman–Crippen MR) is 122 cm³/mol. The molecule has 160 valence electrons. The topological polar surface area (TPSA) is 84.5 Å². The van der Waals surface area contributed by atoms with Gasteiger partial charge in [-0.15, -0.1) is 6.58 Å². The summed E-state index contributed by atoms with van der Waals surface area (Å²) < 4.78 is 32.3. The molecule has 0 radical (unpaired) electrons. The summed E-state index contributed by atoms with van der Waals surface area (Å²) in [5.74, 6) is 0.240. The first-order valence-corrected chi connectivity index (χ1v) is 11.2. The van der Waals surface area contributed by atoms with Crippen LogP contribution in [0.2, 0.25) is 0 Å². The van der Waals surface area contributed by atoms with Gasteiger partial charge in [-0.25, -0.2) is 13.1 Å². The molecule has 0 aliphatic heterocycles. The second-order valence-electron chi connectivity index (χ2n) is 6.80. The number of amides is 1. The largest absolute Gasteiger partial charge is 0.481 e. The molecule has 1 atom stereocenters. The third-order valence-corrected chi connectivity index (χ3v) is 5.93. The molecule has 0 saturated heterocycles. The highest BCUT2D eigenvalue weighted by molar-refractivity contribution is 7.89. The second-order valence-corrected chi connectivity index (χ2v) is 8.57. The van der Waals surface area contributed by atoms with E-state index in [1.807, 2.05) is 54.6 Å². The summed E-state index contributed by atoms with van der Waals surface area (Å²) in [5, 5.41) is 2.73. The maximum atomic E-state index is 12.5. The van der Waals surface area contributed by atoms with Crippen LogP contribution in [0.5, 0.6) is 5.75 Å². The Kier molecular flexibility index (Phi) is 7.23. The van der Waals surface area contributed by atoms with Crippen molar-refractivity contribution in [2.75, 3.05) is 11.9 Å². The van der Waals surface area contributed by atoms with Gasteiger partial charge in [0.15, 0.2) is 6.10 Å². The highest BCUT2D eigenvalue weighted by atomic mass is 32.2. The Labute approximate surface area is 182 Å². The van der Waals surface area contributed by atoms with Gasteiger partial charge in [0.25, 0.3) is 5.91 Å². The smallest absolute Gasteiger partial charge is 0.265 e. The van der Waals surface area contributed by atoms with Crippen molar-refractivity contribution in [2.45, 2.75) is 17.9 Å². The molecule has 2 N–H and O–H groups in total. The van der Waals surface area contributed by atoms with E-state index in [0.717, 1.165) is 11.1 Å². The molecule has 3 aromatic carbocycles. The number of benzene rings is 3. The summed E-state index contributed by atoms with van der Waals surface area (Å²) in [7, 11) is -3.61. The van der Waals surface area contributed by atoms with Gasteiger partial charge in [-0.2, -0.15) is 0 Å². The molecule has 0 aliphatic rings. The van der Waals surface area contributed by atoms with E-state index in [2.05, 4.69) is 16.6 Å². The third-order valence-electron chi connectivity index (χ3n) is 4.49. The van der Waals surface area contributed by atoms with Gasteiger partial charge in [-0.1, -0.05) is 48.5 Å². The van der Waals surface area contributed by atoms with Gasteiger partial charge in [-0.05, 0) is 54.4 Å². The van der Waals surface area contributed by atoms with Gasteiger partial charge in [0.05, 0.1) is 4.90 Å². The normalized spacial score (nSPS) is 12.0. The van der Waals surface area contributed by atoms with E-state index < -0.39 is 16.1 Å². The fraction of sp³-hybridized carbons (Fsp3) is 0.125. The molecule has 1 amide bonds. The molecule has 0 fully saturated rings. The Bertz CT molecular complexity index is 1130. The lowest BCUT2D eigenvalue weighted by Crippen LogP contribution is -2.30. The number of rotatable bonds is 9. The van der Waals surface area contributed by atoms with E-state index in [-0.39, 0.29) is 17.3 Å². The lowest BCUT2D eigenvalue weighted by Gasteiger charge is -2.15. The highest BCUT2D eigenvalue weighted by Gasteiger charge is 2.16. The van der Waals surface area contributed by atoms with Gasteiger partial charge in [-0.3, -0.25) is 4.79 Å². The number of hydrogen-bond donors (Lipinski definition) is 2. The van der Waals surface area contributed by atoms with Gasteiger partial charge in [0.2, 0.25) is 10.0 Å². The van der Waals surface area contributed by atoms with Crippen LogP contribution in [0.15, 0.2) is 96.4 Å². The zero-order valence-corrected chi connectivity index (χ0v) is 17.9. The molecule has 6 nitrogen and oxygen atoms in total. The van der Waals surface area contributed by atoms with Crippen LogP contribution in [0.3, 0.4) is 0 Å². The van der Waals surface area contributed by atoms with E-state index in [9.17, 15) is 13.2 Å². The van der Waals surface area contributed by atoms with E-state index in [4.69, 9.17) is 4.74 Å². The Balaban J connectivity index is 1.58. The quantitative estimate of drug-likeness (QED) is 0.492. The van der Waals surface area contributed by atoms with Crippen LogP contribution in [0.25, 0.3) is 11.1 Å². The van der Waals surface area contributed by atoms with Crippen molar-refractivity contribution >= 4 is 21.6 Å². The maximum absolute atomic E-state index is 12.5. The number of hydrogen-bond acceptors (Lipinski definition) is 4. The zero-order chi connectivity index (χ0) is 22.3. The summed E-state index contributed by atoms with van der Waals surface area (Å²) in [4.78, 5) is 12.6. The first-order chi connectivity index (χ1) is 14.9. The van der Waals surface area contributed by atoms with E-state index in [1.54, 1.807) is 6.92 Å². The molecule has 0 heterocycles. The van der Waals surface area contributed by atoms with E-state index >= 15 is 0 Å². The average molecular weight is 437 g/mol. The first kappa shape index (κ1) is 22.3. The molecule has 31 heavy (non-hydrogen) atoms. The molecule has 0 aromatic heterocycles. The summed E-state index contributed by atoms with van der Waals surface area (Å²) in [6.45, 7) is 5.27. The highest BCUT2D eigenvalue weighted by Crippen LogP contribution is 2.23. The van der Waals surface area contributed by atoms with E-state index in [0.29, 0.717) is 11.4 Å². The van der Waals surface area contributed by atoms with Crippen LogP contribution < -0.4 is 14.8 Å². The SMILES string of the molecule is C=CCNS(=O)(=O)c1ccc(NC(=O)C(C)Oc2ccc(-c3ccccc3)cc2)cc1. The van der Waals surface area contributed by atoms with Crippen molar-refractivity contribution < 1.29 is 17.9 Å². The molecule has 1 unspecified atom stereocenters. The molecule has 3 aromatic rings. The summed E-state index contributed by atoms with van der Waals surface area (Å²) in [6.07, 6.45) is 0.725. The number of carbonyl (C=O) groups excluding carboxylic acids is 1. The molecule has 0 spiro atoms. The molecule has 0 saturated carbocycles. The van der Waals surface area contributed by atoms with Gasteiger partial charge in [0.1, 0.15) is 5.75 Å². The number of sulfonamides is 1. The molecule has 7 heteroatoms. The first-order valence-electron chi connectivity index (χ1n) is 9.73. The second kappa shape index (κ2) is 10.1. The molecular formula is C24H24N2O4S. The minimum absolute atomic E-state index is 0.107. The van der Waals surface area contributed by atoms with Crippen molar-refractivity contribution in [3.8, 4) is 16.9 Å². The van der Waals surface area contributed by atoms with Crippen LogP contribution in [0.4, 0.5) is 5.69 Å². The number of nitrogens with one attached hydrogen (secondary N) is 2. The third kappa shape index (κ3) is 6.04. The van der Waals surface area contributed by atoms with Crippen LogP contribution in [-0.4, -0.2) is 27.0 Å². The summed E-state index contributed by atoms with van der Waals surface area (Å²) in [5.41, 5.74) is 2.63. The molecule has 3 rings (SSSR count). The van der Waals surface area contributed by atoms with Crippen molar-refractivity contribution in [3.63, 3.8) is 0 Å². The zero-order valence-electron chi connectivity index (χ0n) is 17.1. The minimum atomic E-state index is -3.61. The fourth-order valence-corrected chi connectivity index (χ4v) is 3.83. The monoisotopic (exact) mass is 436 g/mol. The molecule has 0 aliphatic carbocycles. The molecule has 0 bridgehead atoms. The summed E-state index contributed by atoms with van der Waals surface area (Å²) >= 11 is 0. The van der Waals surface area contributed by atoms with Crippen molar-refractivity contribution in [2.24, 2.45) is 0 Å². The number of anilines is 1. The average Bonchev–Trinajstić information content (AvgIpc) is 2.79. The van der Waals surface area contributed by atoms with Gasteiger partial charge < -0.3 is 10.1 Å². The maximum Gasteiger partial charge on any atom is 0.265 e. The lowest BCUT2D eigenvalue weighted by molar-refractivity contribution is -0.122. The van der Waals surface area contributed by atoms with Crippen LogP contribution in [0.1, 0.15) is 6.92 Å². The van der Waals surface area contributed by atoms with Gasteiger partial charge in [0, 0.05) is 12.2 Å². The van der Waals surface area contributed by atoms with Crippen molar-refractivity contribution in [1.29, 1.82) is 0 Å². The summed E-state index contributed by atoms with van der Waals surface area (Å²) in [6, 6.07) is 23.4.